The van der Waals surface area contributed by atoms with E-state index in [0.717, 1.165) is 5.75 Å². The smallest absolute Gasteiger partial charge is 0.210 e. The third-order valence-electron chi connectivity index (χ3n) is 2.62. The third kappa shape index (κ3) is 5.17. The zero-order chi connectivity index (χ0) is 11.9. The van der Waals surface area contributed by atoms with Crippen LogP contribution in [0.1, 0.15) is 39.0 Å². The quantitative estimate of drug-likeness (QED) is 0.458. The van der Waals surface area contributed by atoms with Crippen molar-refractivity contribution in [1.29, 1.82) is 0 Å². The average molecular weight is 280 g/mol. The van der Waals surface area contributed by atoms with Gasteiger partial charge in [-0.25, -0.2) is 0 Å². The van der Waals surface area contributed by atoms with Gasteiger partial charge in [0.15, 0.2) is 0 Å². The first kappa shape index (κ1) is 14.5. The van der Waals surface area contributed by atoms with E-state index >= 15 is 0 Å². The first-order chi connectivity index (χ1) is 7.70. The van der Waals surface area contributed by atoms with E-state index < -0.39 is 5.62 Å². The maximum absolute atomic E-state index is 5.42. The minimum atomic E-state index is -1.92. The van der Waals surface area contributed by atoms with Crippen LogP contribution in [0.5, 0.6) is 0 Å². The van der Waals surface area contributed by atoms with Gasteiger partial charge in [-0.3, -0.25) is 4.99 Å². The van der Waals surface area contributed by atoms with E-state index in [2.05, 4.69) is 17.0 Å². The maximum Gasteiger partial charge on any atom is 0.210 e. The molecule has 1 rings (SSSR count). The van der Waals surface area contributed by atoms with Crippen LogP contribution in [-0.2, 0) is 16.3 Å². The lowest BCUT2D eigenvalue weighted by atomic mass is 9.96. The summed E-state index contributed by atoms with van der Waals surface area (Å²) in [4.78, 5) is 4.53. The largest absolute Gasteiger partial charge is 0.330 e. The Balaban J connectivity index is 2.35. The van der Waals surface area contributed by atoms with Crippen molar-refractivity contribution in [3.63, 3.8) is 0 Å². The molecule has 94 valence electrons. The van der Waals surface area contributed by atoms with Gasteiger partial charge >= 0.3 is 0 Å². The van der Waals surface area contributed by atoms with Crippen LogP contribution in [0.3, 0.4) is 0 Å². The SMILES string of the molecule is CCSP(=S)(NC=NC1CCCCC1)OC. The molecular weight excluding hydrogens is 259 g/mol. The van der Waals surface area contributed by atoms with Crippen molar-refractivity contribution in [2.45, 2.75) is 45.1 Å². The summed E-state index contributed by atoms with van der Waals surface area (Å²) in [6, 6.07) is 0.494. The summed E-state index contributed by atoms with van der Waals surface area (Å²) in [6.45, 7) is 2.09. The Morgan fingerprint density at radius 2 is 2.19 bits per heavy atom. The molecule has 0 aromatic heterocycles. The van der Waals surface area contributed by atoms with Crippen molar-refractivity contribution in [2.24, 2.45) is 4.99 Å². The summed E-state index contributed by atoms with van der Waals surface area (Å²) in [7, 11) is 1.67. The molecule has 1 unspecified atom stereocenters. The zero-order valence-electron chi connectivity index (χ0n) is 10.0. The van der Waals surface area contributed by atoms with E-state index in [4.69, 9.17) is 16.3 Å². The lowest BCUT2D eigenvalue weighted by Gasteiger charge is -2.20. The number of aliphatic imine (C=N–C) groups is 1. The molecule has 0 saturated heterocycles. The van der Waals surface area contributed by atoms with Crippen molar-refractivity contribution < 1.29 is 4.52 Å². The molecule has 0 spiro atoms. The molecule has 6 heteroatoms. The van der Waals surface area contributed by atoms with Crippen LogP contribution in [0.15, 0.2) is 4.99 Å². The Kier molecular flexibility index (Phi) is 6.97. The Hall–Kier alpha value is 0.430. The molecular formula is C10H21N2OPS2. The molecule has 0 amide bonds. The van der Waals surface area contributed by atoms with Crippen molar-refractivity contribution in [1.82, 2.24) is 5.09 Å². The fourth-order valence-electron chi connectivity index (χ4n) is 1.75. The second-order valence-corrected chi connectivity index (χ2v) is 10.8. The highest BCUT2D eigenvalue weighted by molar-refractivity contribution is 8.68. The standard InChI is InChI=1S/C10H21N2OPS2/c1-3-16-14(15,13-2)12-9-11-10-7-5-4-6-8-10/h9-10H,3-8H2,1-2H3,(H,11,12,15). The number of hydrogen-bond donors (Lipinski definition) is 1. The molecule has 1 fully saturated rings. The summed E-state index contributed by atoms with van der Waals surface area (Å²) in [5, 5.41) is 3.17. The van der Waals surface area contributed by atoms with Crippen LogP contribution in [0.25, 0.3) is 0 Å². The van der Waals surface area contributed by atoms with Crippen LogP contribution in [0.4, 0.5) is 0 Å². The van der Waals surface area contributed by atoms with Crippen LogP contribution >= 0.6 is 17.0 Å². The fourth-order valence-corrected chi connectivity index (χ4v) is 5.38. The fraction of sp³-hybridized carbons (Fsp3) is 0.900. The highest BCUT2D eigenvalue weighted by Gasteiger charge is 2.14. The number of nitrogens with zero attached hydrogens (tertiary/aromatic N) is 1. The summed E-state index contributed by atoms with van der Waals surface area (Å²) in [5.41, 5.74) is -1.92. The molecule has 0 aromatic rings. The van der Waals surface area contributed by atoms with Gasteiger partial charge in [-0.05, 0) is 30.4 Å². The number of rotatable bonds is 6. The Morgan fingerprint density at radius 3 is 2.75 bits per heavy atom. The molecule has 0 heterocycles. The van der Waals surface area contributed by atoms with Gasteiger partial charge in [0.2, 0.25) is 5.62 Å². The molecule has 0 radical (unpaired) electrons. The lowest BCUT2D eigenvalue weighted by Crippen LogP contribution is -2.13. The van der Waals surface area contributed by atoms with Crippen molar-refractivity contribution in [3.8, 4) is 0 Å². The monoisotopic (exact) mass is 280 g/mol. The molecule has 1 aliphatic carbocycles. The van der Waals surface area contributed by atoms with Crippen LogP contribution in [0, 0.1) is 0 Å². The summed E-state index contributed by atoms with van der Waals surface area (Å²) in [6.07, 6.45) is 8.20. The van der Waals surface area contributed by atoms with Crippen molar-refractivity contribution in [2.75, 3.05) is 12.9 Å². The molecule has 16 heavy (non-hydrogen) atoms. The molecule has 0 aliphatic heterocycles. The van der Waals surface area contributed by atoms with Gasteiger partial charge in [0.05, 0.1) is 12.4 Å². The highest BCUT2D eigenvalue weighted by atomic mass is 32.9. The molecule has 0 aromatic carbocycles. The predicted molar refractivity (Wildman–Crippen MR) is 77.9 cm³/mol. The van der Waals surface area contributed by atoms with Gasteiger partial charge in [0.1, 0.15) is 0 Å². The summed E-state index contributed by atoms with van der Waals surface area (Å²) >= 11 is 7.09. The number of nitrogens with one attached hydrogen (secondary N) is 1. The second kappa shape index (κ2) is 7.70. The minimum absolute atomic E-state index is 0.494. The topological polar surface area (TPSA) is 33.6 Å². The Labute approximate surface area is 108 Å². The molecule has 1 atom stereocenters. The molecule has 1 saturated carbocycles. The van der Waals surface area contributed by atoms with Crippen LogP contribution in [0.2, 0.25) is 0 Å². The normalized spacial score (nSPS) is 22.1. The van der Waals surface area contributed by atoms with E-state index in [9.17, 15) is 0 Å². The van der Waals surface area contributed by atoms with Gasteiger partial charge in [-0.1, -0.05) is 37.6 Å². The Bertz CT molecular complexity index is 268. The lowest BCUT2D eigenvalue weighted by molar-refractivity contribution is 0.443. The Morgan fingerprint density at radius 1 is 1.50 bits per heavy atom. The highest BCUT2D eigenvalue weighted by Crippen LogP contribution is 2.54. The third-order valence-corrected chi connectivity index (χ3v) is 8.40. The van der Waals surface area contributed by atoms with Gasteiger partial charge in [-0.2, -0.15) is 0 Å². The molecule has 1 aliphatic rings. The molecule has 1 N–H and O–H groups in total. The van der Waals surface area contributed by atoms with Crippen LogP contribution < -0.4 is 5.09 Å². The van der Waals surface area contributed by atoms with Crippen molar-refractivity contribution >= 4 is 35.1 Å². The summed E-state index contributed by atoms with van der Waals surface area (Å²) in [5.74, 6) is 0.968. The second-order valence-electron chi connectivity index (χ2n) is 3.80. The minimum Gasteiger partial charge on any atom is -0.330 e. The summed E-state index contributed by atoms with van der Waals surface area (Å²) < 4.78 is 5.35. The van der Waals surface area contributed by atoms with Crippen LogP contribution in [-0.4, -0.2) is 25.2 Å². The van der Waals surface area contributed by atoms with E-state index in [-0.39, 0.29) is 0 Å². The average Bonchev–Trinajstić information content (AvgIpc) is 2.31. The van der Waals surface area contributed by atoms with E-state index in [1.165, 1.54) is 32.1 Å². The predicted octanol–water partition coefficient (Wildman–Crippen LogP) is 3.56. The van der Waals surface area contributed by atoms with E-state index in [1.54, 1.807) is 24.8 Å². The number of hydrogen-bond acceptors (Lipinski definition) is 4. The van der Waals surface area contributed by atoms with E-state index in [0.29, 0.717) is 6.04 Å². The molecule has 0 bridgehead atoms. The molecule has 3 nitrogen and oxygen atoms in total. The van der Waals surface area contributed by atoms with Gasteiger partial charge in [0.25, 0.3) is 0 Å². The van der Waals surface area contributed by atoms with E-state index in [1.807, 2.05) is 0 Å². The van der Waals surface area contributed by atoms with Crippen molar-refractivity contribution in [3.05, 3.63) is 0 Å². The van der Waals surface area contributed by atoms with Gasteiger partial charge in [-0.15, -0.1) is 0 Å². The zero-order valence-corrected chi connectivity index (χ0v) is 12.5. The first-order valence-electron chi connectivity index (χ1n) is 5.80. The maximum atomic E-state index is 5.42. The van der Waals surface area contributed by atoms with Gasteiger partial charge < -0.3 is 9.61 Å². The van der Waals surface area contributed by atoms with Gasteiger partial charge in [0, 0.05) is 7.11 Å². The first-order valence-corrected chi connectivity index (χ1v) is 10.1.